The topological polar surface area (TPSA) is 47.9 Å². The number of aromatic nitrogens is 3. The number of nitrogens with zero attached hydrogens (tertiary/aromatic N) is 3. The van der Waals surface area contributed by atoms with Crippen LogP contribution in [0.25, 0.3) is 33.7 Å². The fourth-order valence-corrected chi connectivity index (χ4v) is 3.01. The molecule has 0 spiro atoms. The third-order valence-corrected chi connectivity index (χ3v) is 4.41. The molecule has 2 aromatic carbocycles. The van der Waals surface area contributed by atoms with Crippen molar-refractivity contribution in [1.29, 1.82) is 0 Å². The predicted octanol–water partition coefficient (Wildman–Crippen LogP) is 4.98. The number of ether oxygens (including phenoxy) is 1. The molecule has 4 heteroatoms. The van der Waals surface area contributed by atoms with Gasteiger partial charge in [-0.2, -0.15) is 0 Å². The summed E-state index contributed by atoms with van der Waals surface area (Å²) in [6.07, 6.45) is 0. The molecule has 128 valence electrons. The lowest BCUT2D eigenvalue weighted by atomic mass is 10.0. The Morgan fingerprint density at radius 1 is 0.769 bits per heavy atom. The van der Waals surface area contributed by atoms with Crippen LogP contribution in [0.2, 0.25) is 0 Å². The Labute approximate surface area is 152 Å². The van der Waals surface area contributed by atoms with Crippen molar-refractivity contribution in [2.24, 2.45) is 0 Å². The molecule has 2 heterocycles. The molecule has 0 N–H and O–H groups in total. The van der Waals surface area contributed by atoms with Crippen molar-refractivity contribution in [3.8, 4) is 28.5 Å². The summed E-state index contributed by atoms with van der Waals surface area (Å²) in [5, 5.41) is 1.03. The van der Waals surface area contributed by atoms with E-state index in [9.17, 15) is 0 Å². The summed E-state index contributed by atoms with van der Waals surface area (Å²) in [5.41, 5.74) is 5.67. The maximum Gasteiger partial charge on any atom is 0.179 e. The van der Waals surface area contributed by atoms with Crippen molar-refractivity contribution in [2.45, 2.75) is 13.8 Å². The molecule has 0 saturated carbocycles. The summed E-state index contributed by atoms with van der Waals surface area (Å²) in [6, 6.07) is 20.3. The summed E-state index contributed by atoms with van der Waals surface area (Å²) >= 11 is 0. The van der Waals surface area contributed by atoms with Crippen LogP contribution >= 0.6 is 0 Å². The van der Waals surface area contributed by atoms with Gasteiger partial charge in [0.15, 0.2) is 5.82 Å². The molecule has 4 rings (SSSR count). The van der Waals surface area contributed by atoms with Crippen molar-refractivity contribution in [2.75, 3.05) is 7.11 Å². The zero-order valence-corrected chi connectivity index (χ0v) is 15.0. The van der Waals surface area contributed by atoms with Gasteiger partial charge >= 0.3 is 0 Å². The van der Waals surface area contributed by atoms with Gasteiger partial charge in [-0.05, 0) is 32.0 Å². The van der Waals surface area contributed by atoms with Crippen molar-refractivity contribution in [3.05, 3.63) is 71.9 Å². The first-order chi connectivity index (χ1) is 12.7. The van der Waals surface area contributed by atoms with E-state index in [1.807, 2.05) is 37.3 Å². The lowest BCUT2D eigenvalue weighted by molar-refractivity contribution is 0.409. The molecule has 0 bridgehead atoms. The van der Waals surface area contributed by atoms with E-state index in [-0.39, 0.29) is 0 Å². The van der Waals surface area contributed by atoms with Crippen molar-refractivity contribution in [3.63, 3.8) is 0 Å². The van der Waals surface area contributed by atoms with Crippen LogP contribution in [0.4, 0.5) is 0 Å². The number of fused-ring (bicyclic) bond motifs is 1. The lowest BCUT2D eigenvalue weighted by Gasteiger charge is -2.10. The van der Waals surface area contributed by atoms with Gasteiger partial charge in [0.05, 0.1) is 24.0 Å². The van der Waals surface area contributed by atoms with E-state index in [0.717, 1.165) is 39.3 Å². The Hall–Kier alpha value is -3.27. The molecule has 0 amide bonds. The van der Waals surface area contributed by atoms with Crippen LogP contribution in [0.5, 0.6) is 5.75 Å². The predicted molar refractivity (Wildman–Crippen MR) is 104 cm³/mol. The highest BCUT2D eigenvalue weighted by Crippen LogP contribution is 2.29. The highest BCUT2D eigenvalue weighted by molar-refractivity contribution is 5.93. The third kappa shape index (κ3) is 2.90. The molecule has 0 atom stereocenters. The van der Waals surface area contributed by atoms with Crippen molar-refractivity contribution < 1.29 is 4.74 Å². The van der Waals surface area contributed by atoms with E-state index in [0.29, 0.717) is 5.82 Å². The normalized spacial score (nSPS) is 10.9. The number of benzene rings is 2. The van der Waals surface area contributed by atoms with Crippen LogP contribution in [0.1, 0.15) is 11.3 Å². The number of aryl methyl sites for hydroxylation is 2. The van der Waals surface area contributed by atoms with Gasteiger partial charge in [-0.25, -0.2) is 15.0 Å². The fraction of sp³-hybridized carbons (Fsp3) is 0.136. The number of para-hydroxylation sites is 1. The molecule has 2 aromatic heterocycles. The highest BCUT2D eigenvalue weighted by atomic mass is 16.5. The number of rotatable bonds is 3. The SMILES string of the molecule is COc1ccc(-c2nc(-c3ccc(C)cc3)c3ccccc3n2)nc1C. The number of pyridine rings is 1. The zero-order chi connectivity index (χ0) is 18.1. The molecule has 0 radical (unpaired) electrons. The molecule has 0 aliphatic heterocycles. The van der Waals surface area contributed by atoms with Gasteiger partial charge in [0.2, 0.25) is 0 Å². The van der Waals surface area contributed by atoms with E-state index in [2.05, 4.69) is 42.2 Å². The highest BCUT2D eigenvalue weighted by Gasteiger charge is 2.13. The summed E-state index contributed by atoms with van der Waals surface area (Å²) in [5.74, 6) is 1.37. The summed E-state index contributed by atoms with van der Waals surface area (Å²) in [7, 11) is 1.64. The number of hydrogen-bond acceptors (Lipinski definition) is 4. The molecule has 0 aliphatic carbocycles. The van der Waals surface area contributed by atoms with E-state index >= 15 is 0 Å². The fourth-order valence-electron chi connectivity index (χ4n) is 3.01. The first-order valence-corrected chi connectivity index (χ1v) is 8.51. The molecule has 0 saturated heterocycles. The molecular weight excluding hydrogens is 322 g/mol. The quantitative estimate of drug-likeness (QED) is 0.527. The Morgan fingerprint density at radius 2 is 1.54 bits per heavy atom. The summed E-state index contributed by atoms with van der Waals surface area (Å²) in [6.45, 7) is 4.00. The van der Waals surface area contributed by atoms with E-state index in [1.54, 1.807) is 7.11 Å². The second-order valence-electron chi connectivity index (χ2n) is 6.26. The minimum atomic E-state index is 0.616. The van der Waals surface area contributed by atoms with Gasteiger partial charge in [-0.1, -0.05) is 48.0 Å². The van der Waals surface area contributed by atoms with Crippen LogP contribution < -0.4 is 4.74 Å². The first-order valence-electron chi connectivity index (χ1n) is 8.51. The molecule has 26 heavy (non-hydrogen) atoms. The number of methoxy groups -OCH3 is 1. The van der Waals surface area contributed by atoms with Crippen molar-refractivity contribution >= 4 is 10.9 Å². The van der Waals surface area contributed by atoms with Crippen LogP contribution in [0, 0.1) is 13.8 Å². The Morgan fingerprint density at radius 3 is 2.27 bits per heavy atom. The molecule has 0 fully saturated rings. The maximum atomic E-state index is 5.31. The molecule has 0 aliphatic rings. The average molecular weight is 341 g/mol. The first kappa shape index (κ1) is 16.2. The smallest absolute Gasteiger partial charge is 0.179 e. The third-order valence-electron chi connectivity index (χ3n) is 4.41. The Bertz CT molecular complexity index is 1090. The lowest BCUT2D eigenvalue weighted by Crippen LogP contribution is -1.98. The van der Waals surface area contributed by atoms with E-state index < -0.39 is 0 Å². The van der Waals surface area contributed by atoms with Gasteiger partial charge in [-0.3, -0.25) is 0 Å². The number of hydrogen-bond donors (Lipinski definition) is 0. The molecule has 4 aromatic rings. The second kappa shape index (κ2) is 6.56. The molecular formula is C22H19N3O. The monoisotopic (exact) mass is 341 g/mol. The van der Waals surface area contributed by atoms with Crippen LogP contribution in [-0.2, 0) is 0 Å². The average Bonchev–Trinajstić information content (AvgIpc) is 2.67. The largest absolute Gasteiger partial charge is 0.495 e. The minimum Gasteiger partial charge on any atom is -0.495 e. The van der Waals surface area contributed by atoms with E-state index in [1.165, 1.54) is 5.56 Å². The molecule has 4 nitrogen and oxygen atoms in total. The second-order valence-corrected chi connectivity index (χ2v) is 6.26. The van der Waals surface area contributed by atoms with Crippen LogP contribution in [0.3, 0.4) is 0 Å². The van der Waals surface area contributed by atoms with Gasteiger partial charge in [0, 0.05) is 10.9 Å². The van der Waals surface area contributed by atoms with Crippen molar-refractivity contribution in [1.82, 2.24) is 15.0 Å². The standard InChI is InChI=1S/C22H19N3O/c1-14-8-10-16(11-9-14)21-17-6-4-5-7-18(17)24-22(25-21)19-12-13-20(26-3)15(2)23-19/h4-13H,1-3H3. The van der Waals surface area contributed by atoms with E-state index in [4.69, 9.17) is 14.7 Å². The van der Waals surface area contributed by atoms with Gasteiger partial charge in [-0.15, -0.1) is 0 Å². The Kier molecular flexibility index (Phi) is 4.09. The summed E-state index contributed by atoms with van der Waals surface area (Å²) < 4.78 is 5.31. The summed E-state index contributed by atoms with van der Waals surface area (Å²) in [4.78, 5) is 14.2. The zero-order valence-electron chi connectivity index (χ0n) is 15.0. The van der Waals surface area contributed by atoms with Gasteiger partial charge in [0.25, 0.3) is 0 Å². The van der Waals surface area contributed by atoms with Gasteiger partial charge < -0.3 is 4.74 Å². The van der Waals surface area contributed by atoms with Gasteiger partial charge in [0.1, 0.15) is 11.4 Å². The maximum absolute atomic E-state index is 5.31. The van der Waals surface area contributed by atoms with Crippen LogP contribution in [0.15, 0.2) is 60.7 Å². The van der Waals surface area contributed by atoms with Crippen LogP contribution in [-0.4, -0.2) is 22.1 Å². The Balaban J connectivity index is 1.94. The molecule has 0 unspecified atom stereocenters. The minimum absolute atomic E-state index is 0.616.